The van der Waals surface area contributed by atoms with Crippen LogP contribution in [0, 0.1) is 5.92 Å². The Morgan fingerprint density at radius 3 is 1.71 bits per heavy atom. The van der Waals surface area contributed by atoms with Gasteiger partial charge < -0.3 is 10.2 Å². The molecule has 0 aliphatic carbocycles. The first-order valence-corrected chi connectivity index (χ1v) is 8.12. The molecule has 0 aromatic rings. The molecule has 0 rings (SSSR count). The summed E-state index contributed by atoms with van der Waals surface area (Å²) >= 11 is 0. The van der Waals surface area contributed by atoms with Gasteiger partial charge in [-0.25, -0.2) is 0 Å². The second-order valence-electron chi connectivity index (χ2n) is 4.45. The van der Waals surface area contributed by atoms with Crippen LogP contribution in [0.25, 0.3) is 0 Å². The third-order valence-electron chi connectivity index (χ3n) is 2.54. The van der Waals surface area contributed by atoms with Gasteiger partial charge in [0.25, 0.3) is 10.1 Å². The molecule has 1 unspecified atom stereocenters. The second kappa shape index (κ2) is 14.8. The first-order valence-electron chi connectivity index (χ1n) is 6.51. The van der Waals surface area contributed by atoms with Gasteiger partial charge in [-0.2, -0.15) is 8.42 Å². The second-order valence-corrected chi connectivity index (χ2v) is 5.95. The predicted octanol–water partition coefficient (Wildman–Crippen LogP) is 1.38. The Bertz CT molecular complexity index is 367. The molecule has 0 aliphatic rings. The molecular weight excluding hydrogens is 311 g/mol. The Morgan fingerprint density at radius 1 is 1.05 bits per heavy atom. The van der Waals surface area contributed by atoms with Crippen molar-refractivity contribution >= 4 is 51.6 Å². The zero-order chi connectivity index (χ0) is 16.2. The molecule has 0 saturated carbocycles. The molecule has 0 aromatic heterocycles. The van der Waals surface area contributed by atoms with Crippen LogP contribution in [-0.4, -0.2) is 70.4 Å². The van der Waals surface area contributed by atoms with Gasteiger partial charge in [0, 0.05) is 0 Å². The summed E-state index contributed by atoms with van der Waals surface area (Å²) in [4.78, 5) is 19.3. The molecule has 9 heteroatoms. The third-order valence-corrected chi connectivity index (χ3v) is 3.43. The van der Waals surface area contributed by atoms with Gasteiger partial charge in [-0.05, 0) is 12.3 Å². The van der Waals surface area contributed by atoms with Crippen LogP contribution in [0.2, 0.25) is 0 Å². The van der Waals surface area contributed by atoms with Crippen molar-refractivity contribution < 1.29 is 32.8 Å². The molecule has 0 fully saturated rings. The Morgan fingerprint density at radius 2 is 1.48 bits per heavy atom. The molecule has 0 amide bonds. The molecule has 0 heterocycles. The number of aliphatic carboxylic acids is 2. The number of carboxylic acid groups (broad SMARTS) is 2. The fraction of sp³-hybridized carbons (Fsp3) is 0.833. The van der Waals surface area contributed by atoms with Crippen molar-refractivity contribution in [2.24, 2.45) is 5.92 Å². The van der Waals surface area contributed by atoms with Gasteiger partial charge in [0.05, 0.1) is 18.6 Å². The van der Waals surface area contributed by atoms with Crippen molar-refractivity contribution in [3.8, 4) is 0 Å². The number of hydrogen-bond acceptors (Lipinski definition) is 4. The van der Waals surface area contributed by atoms with E-state index < -0.39 is 22.1 Å². The van der Waals surface area contributed by atoms with Crippen LogP contribution in [-0.2, 0) is 19.7 Å². The van der Waals surface area contributed by atoms with Crippen LogP contribution in [0.4, 0.5) is 0 Å². The van der Waals surface area contributed by atoms with Gasteiger partial charge in [-0.15, -0.1) is 0 Å². The van der Waals surface area contributed by atoms with Crippen molar-refractivity contribution in [2.45, 2.75) is 52.4 Å². The summed E-state index contributed by atoms with van der Waals surface area (Å²) in [5.41, 5.74) is 0. The monoisotopic (exact) mass is 336 g/mol. The molecule has 21 heavy (non-hydrogen) atoms. The first kappa shape index (κ1) is 25.8. The van der Waals surface area contributed by atoms with Crippen LogP contribution in [0.1, 0.15) is 52.4 Å². The molecular formula is C12H25NaO7S. The van der Waals surface area contributed by atoms with E-state index in [9.17, 15) is 18.0 Å². The predicted molar refractivity (Wildman–Crippen MR) is 81.4 cm³/mol. The number of carboxylic acids is 2. The summed E-state index contributed by atoms with van der Waals surface area (Å²) in [5.74, 6) is -2.11. The zero-order valence-corrected chi connectivity index (χ0v) is 12.7. The Hall–Kier alpha value is -0.150. The van der Waals surface area contributed by atoms with Crippen molar-refractivity contribution in [1.29, 1.82) is 0 Å². The van der Waals surface area contributed by atoms with E-state index in [0.717, 1.165) is 25.7 Å². The van der Waals surface area contributed by atoms with Crippen molar-refractivity contribution in [3.05, 3.63) is 0 Å². The van der Waals surface area contributed by atoms with Crippen molar-refractivity contribution in [1.82, 2.24) is 0 Å². The molecule has 1 atom stereocenters. The molecule has 0 bridgehead atoms. The van der Waals surface area contributed by atoms with E-state index in [2.05, 4.69) is 6.92 Å². The van der Waals surface area contributed by atoms with Crippen LogP contribution in [0.15, 0.2) is 0 Å². The molecule has 122 valence electrons. The fourth-order valence-electron chi connectivity index (χ4n) is 1.41. The standard InChI is InChI=1S/C8H18O3S.C4H6O4.Na.H/c1-3-5-6-8(4-2)7-12(9,10)11;5-3(6)1-2-4(7)8;;/h8H,3-7H2,1-2H3,(H,9,10,11);1-2H2,(H,5,6)(H,7,8);;. The van der Waals surface area contributed by atoms with Gasteiger partial charge in [-0.3, -0.25) is 14.1 Å². The van der Waals surface area contributed by atoms with E-state index in [0.29, 0.717) is 0 Å². The number of carbonyl (C=O) groups is 2. The average Bonchev–Trinajstić information content (AvgIpc) is 2.31. The quantitative estimate of drug-likeness (QED) is 0.428. The molecule has 0 spiro atoms. The van der Waals surface area contributed by atoms with Gasteiger partial charge >= 0.3 is 41.5 Å². The first-order chi connectivity index (χ1) is 9.12. The minimum absolute atomic E-state index is 0. The van der Waals surface area contributed by atoms with Gasteiger partial charge in [-0.1, -0.05) is 33.1 Å². The van der Waals surface area contributed by atoms with Crippen LogP contribution in [0.5, 0.6) is 0 Å². The van der Waals surface area contributed by atoms with E-state index in [4.69, 9.17) is 14.8 Å². The third kappa shape index (κ3) is 25.2. The fourth-order valence-corrected chi connectivity index (χ4v) is 2.41. The van der Waals surface area contributed by atoms with Crippen LogP contribution < -0.4 is 0 Å². The van der Waals surface area contributed by atoms with Gasteiger partial charge in [0.1, 0.15) is 0 Å². The van der Waals surface area contributed by atoms with E-state index in [1.807, 2.05) is 6.92 Å². The summed E-state index contributed by atoms with van der Waals surface area (Å²) in [6.07, 6.45) is 3.23. The molecule has 0 aliphatic heterocycles. The van der Waals surface area contributed by atoms with Crippen molar-refractivity contribution in [2.75, 3.05) is 5.75 Å². The average molecular weight is 336 g/mol. The maximum atomic E-state index is 10.5. The van der Waals surface area contributed by atoms with E-state index in [1.54, 1.807) is 0 Å². The SMILES string of the molecule is CCCCC(CC)CS(=O)(=O)O.O=C(O)CCC(=O)O.[NaH]. The molecule has 0 saturated heterocycles. The van der Waals surface area contributed by atoms with E-state index >= 15 is 0 Å². The summed E-state index contributed by atoms with van der Waals surface area (Å²) in [6, 6.07) is 0. The number of unbranched alkanes of at least 4 members (excludes halogenated alkanes) is 1. The summed E-state index contributed by atoms with van der Waals surface area (Å²) in [7, 11) is -3.77. The molecule has 3 N–H and O–H groups in total. The van der Waals surface area contributed by atoms with E-state index in [-0.39, 0.29) is 54.1 Å². The molecule has 7 nitrogen and oxygen atoms in total. The molecule has 0 radical (unpaired) electrons. The van der Waals surface area contributed by atoms with E-state index in [1.165, 1.54) is 0 Å². The number of rotatable bonds is 9. The molecule has 0 aromatic carbocycles. The topological polar surface area (TPSA) is 129 Å². The summed E-state index contributed by atoms with van der Waals surface area (Å²) in [5, 5.41) is 15.8. The van der Waals surface area contributed by atoms with Crippen molar-refractivity contribution in [3.63, 3.8) is 0 Å². The Labute approximate surface area is 148 Å². The van der Waals surface area contributed by atoms with Crippen LogP contribution in [0.3, 0.4) is 0 Å². The minimum atomic E-state index is -3.77. The maximum absolute atomic E-state index is 10.5. The normalized spacial score (nSPS) is 11.6. The summed E-state index contributed by atoms with van der Waals surface area (Å²) < 4.78 is 29.6. The van der Waals surface area contributed by atoms with Gasteiger partial charge in [0.15, 0.2) is 0 Å². The summed E-state index contributed by atoms with van der Waals surface area (Å²) in [6.45, 7) is 4.02. The zero-order valence-electron chi connectivity index (χ0n) is 11.9. The Balaban J connectivity index is -0.000000317. The van der Waals surface area contributed by atoms with Crippen LogP contribution >= 0.6 is 0 Å². The number of hydrogen-bond donors (Lipinski definition) is 3. The van der Waals surface area contributed by atoms with Gasteiger partial charge in [0.2, 0.25) is 0 Å². The Kier molecular flexibility index (Phi) is 18.1.